The van der Waals surface area contributed by atoms with E-state index in [1.807, 2.05) is 12.1 Å². The van der Waals surface area contributed by atoms with Gasteiger partial charge >= 0.3 is 0 Å². The normalized spacial score (nSPS) is 11.5. The number of benzene rings is 1. The summed E-state index contributed by atoms with van der Waals surface area (Å²) in [6.45, 7) is 6.75. The number of rotatable bonds is 6. The first-order valence-electron chi connectivity index (χ1n) is 7.46. The minimum atomic E-state index is 0.00543. The molecule has 0 bridgehead atoms. The van der Waals surface area contributed by atoms with E-state index in [9.17, 15) is 4.79 Å². The number of aromatic nitrogens is 1. The first-order valence-corrected chi connectivity index (χ1v) is 7.46. The van der Waals surface area contributed by atoms with Crippen molar-refractivity contribution in [1.29, 1.82) is 0 Å². The van der Waals surface area contributed by atoms with Crippen molar-refractivity contribution in [2.75, 3.05) is 27.2 Å². The van der Waals surface area contributed by atoms with Crippen LogP contribution in [0.3, 0.4) is 0 Å². The summed E-state index contributed by atoms with van der Waals surface area (Å²) in [4.78, 5) is 17.2. The topological polar surface area (TPSA) is 48.1 Å². The van der Waals surface area contributed by atoms with Gasteiger partial charge < -0.3 is 15.2 Å². The first-order chi connectivity index (χ1) is 9.97. The van der Waals surface area contributed by atoms with Gasteiger partial charge in [-0.15, -0.1) is 0 Å². The Hall–Kier alpha value is -1.65. The summed E-state index contributed by atoms with van der Waals surface area (Å²) in [7, 11) is 4.14. The Kier molecular flexibility index (Phi) is 5.15. The van der Waals surface area contributed by atoms with Crippen LogP contribution in [0.15, 0.2) is 23.0 Å². The molecule has 0 radical (unpaired) electrons. The van der Waals surface area contributed by atoms with Gasteiger partial charge in [-0.1, -0.05) is 0 Å². The Morgan fingerprint density at radius 1 is 1.14 bits per heavy atom. The van der Waals surface area contributed by atoms with Crippen molar-refractivity contribution in [2.24, 2.45) is 0 Å². The average Bonchev–Trinajstić information content (AvgIpc) is 2.41. The molecule has 4 nitrogen and oxygen atoms in total. The zero-order chi connectivity index (χ0) is 15.4. The average molecular weight is 287 g/mol. The number of nitrogens with one attached hydrogen (secondary N) is 2. The molecule has 21 heavy (non-hydrogen) atoms. The summed E-state index contributed by atoms with van der Waals surface area (Å²) in [5.74, 6) is 0. The number of aromatic amines is 1. The minimum Gasteiger partial charge on any atom is -0.322 e. The highest BCUT2D eigenvalue weighted by molar-refractivity contribution is 5.80. The molecule has 2 rings (SSSR count). The standard InChI is InChI=1S/C17H25N3O/c1-12-8-14-10-15(11-18-6-5-7-20(3)4)17(21)19-16(14)9-13(12)2/h8-10,18H,5-7,11H2,1-4H3,(H,19,21). The second-order valence-electron chi connectivity index (χ2n) is 5.98. The van der Waals surface area contributed by atoms with Crippen LogP contribution >= 0.6 is 0 Å². The molecular formula is C17H25N3O. The van der Waals surface area contributed by atoms with E-state index in [1.165, 1.54) is 11.1 Å². The highest BCUT2D eigenvalue weighted by Crippen LogP contribution is 2.17. The molecule has 114 valence electrons. The number of H-pyrrole nitrogens is 1. The van der Waals surface area contributed by atoms with Gasteiger partial charge in [0.1, 0.15) is 0 Å². The van der Waals surface area contributed by atoms with E-state index >= 15 is 0 Å². The second kappa shape index (κ2) is 6.87. The van der Waals surface area contributed by atoms with Crippen LogP contribution in [0.1, 0.15) is 23.1 Å². The predicted molar refractivity (Wildman–Crippen MR) is 88.9 cm³/mol. The zero-order valence-electron chi connectivity index (χ0n) is 13.4. The van der Waals surface area contributed by atoms with Crippen molar-refractivity contribution >= 4 is 10.9 Å². The van der Waals surface area contributed by atoms with E-state index < -0.39 is 0 Å². The molecule has 0 saturated heterocycles. The van der Waals surface area contributed by atoms with Gasteiger partial charge in [0, 0.05) is 17.6 Å². The van der Waals surface area contributed by atoms with Gasteiger partial charge in [-0.2, -0.15) is 0 Å². The quantitative estimate of drug-likeness (QED) is 0.801. The summed E-state index contributed by atoms with van der Waals surface area (Å²) < 4.78 is 0. The Morgan fingerprint density at radius 2 is 1.86 bits per heavy atom. The molecule has 2 aromatic rings. The summed E-state index contributed by atoms with van der Waals surface area (Å²) >= 11 is 0. The number of fused-ring (bicyclic) bond motifs is 1. The van der Waals surface area contributed by atoms with E-state index in [4.69, 9.17) is 0 Å². The molecule has 4 heteroatoms. The van der Waals surface area contributed by atoms with E-state index in [-0.39, 0.29) is 5.56 Å². The van der Waals surface area contributed by atoms with Gasteiger partial charge in [0.05, 0.1) is 0 Å². The Balaban J connectivity index is 2.08. The number of hydrogen-bond acceptors (Lipinski definition) is 3. The van der Waals surface area contributed by atoms with Crippen molar-refractivity contribution < 1.29 is 0 Å². The molecule has 0 unspecified atom stereocenters. The lowest BCUT2D eigenvalue weighted by molar-refractivity contribution is 0.394. The Bertz CT molecular complexity index is 674. The van der Waals surface area contributed by atoms with Gasteiger partial charge in [0.25, 0.3) is 5.56 Å². The molecule has 1 heterocycles. The molecule has 0 spiro atoms. The van der Waals surface area contributed by atoms with Gasteiger partial charge in [-0.05, 0) is 82.2 Å². The lowest BCUT2D eigenvalue weighted by Crippen LogP contribution is -2.24. The second-order valence-corrected chi connectivity index (χ2v) is 5.98. The summed E-state index contributed by atoms with van der Waals surface area (Å²) in [5, 5.41) is 4.44. The van der Waals surface area contributed by atoms with Gasteiger partial charge in [0.15, 0.2) is 0 Å². The van der Waals surface area contributed by atoms with Gasteiger partial charge in [0.2, 0.25) is 0 Å². The molecule has 0 aliphatic heterocycles. The molecule has 0 aliphatic rings. The van der Waals surface area contributed by atoms with E-state index in [0.29, 0.717) is 6.54 Å². The summed E-state index contributed by atoms with van der Waals surface area (Å²) in [6.07, 6.45) is 1.08. The molecule has 0 saturated carbocycles. The monoisotopic (exact) mass is 287 g/mol. The molecular weight excluding hydrogens is 262 g/mol. The van der Waals surface area contributed by atoms with Crippen molar-refractivity contribution in [3.63, 3.8) is 0 Å². The Morgan fingerprint density at radius 3 is 2.57 bits per heavy atom. The SMILES string of the molecule is Cc1cc2cc(CNCCCN(C)C)c(=O)[nH]c2cc1C. The largest absolute Gasteiger partial charge is 0.322 e. The minimum absolute atomic E-state index is 0.00543. The zero-order valence-corrected chi connectivity index (χ0v) is 13.4. The van der Waals surface area contributed by atoms with Crippen molar-refractivity contribution in [3.05, 3.63) is 45.2 Å². The smallest absolute Gasteiger partial charge is 0.252 e. The van der Waals surface area contributed by atoms with Crippen LogP contribution in [0.2, 0.25) is 0 Å². The van der Waals surface area contributed by atoms with E-state index in [2.05, 4.69) is 49.2 Å². The van der Waals surface area contributed by atoms with Crippen molar-refractivity contribution in [2.45, 2.75) is 26.8 Å². The maximum absolute atomic E-state index is 12.1. The third-order valence-electron chi connectivity index (χ3n) is 3.81. The fourth-order valence-corrected chi connectivity index (χ4v) is 2.40. The summed E-state index contributed by atoms with van der Waals surface area (Å²) in [5.41, 5.74) is 4.17. The fraction of sp³-hybridized carbons (Fsp3) is 0.471. The number of aryl methyl sites for hydroxylation is 2. The third-order valence-corrected chi connectivity index (χ3v) is 3.81. The van der Waals surface area contributed by atoms with E-state index in [0.717, 1.165) is 36.0 Å². The molecule has 1 aromatic heterocycles. The maximum atomic E-state index is 12.1. The van der Waals surface area contributed by atoms with Crippen LogP contribution in [0.5, 0.6) is 0 Å². The van der Waals surface area contributed by atoms with Crippen LogP contribution in [0, 0.1) is 13.8 Å². The van der Waals surface area contributed by atoms with Crippen LogP contribution in [0.4, 0.5) is 0 Å². The Labute approximate surface area is 126 Å². The fourth-order valence-electron chi connectivity index (χ4n) is 2.40. The molecule has 0 fully saturated rings. The van der Waals surface area contributed by atoms with Crippen LogP contribution in [-0.2, 0) is 6.54 Å². The van der Waals surface area contributed by atoms with E-state index in [1.54, 1.807) is 0 Å². The molecule has 1 aromatic carbocycles. The highest BCUT2D eigenvalue weighted by Gasteiger charge is 2.04. The molecule has 2 N–H and O–H groups in total. The van der Waals surface area contributed by atoms with Crippen LogP contribution in [0.25, 0.3) is 10.9 Å². The lowest BCUT2D eigenvalue weighted by atomic mass is 10.1. The van der Waals surface area contributed by atoms with Crippen LogP contribution in [-0.4, -0.2) is 37.1 Å². The van der Waals surface area contributed by atoms with Crippen molar-refractivity contribution in [1.82, 2.24) is 15.2 Å². The highest BCUT2D eigenvalue weighted by atomic mass is 16.1. The number of nitrogens with zero attached hydrogens (tertiary/aromatic N) is 1. The first kappa shape index (κ1) is 15.7. The molecule has 0 aliphatic carbocycles. The third kappa shape index (κ3) is 4.16. The lowest BCUT2D eigenvalue weighted by Gasteiger charge is -2.10. The van der Waals surface area contributed by atoms with Crippen molar-refractivity contribution in [3.8, 4) is 0 Å². The molecule has 0 atom stereocenters. The molecule has 0 amide bonds. The number of hydrogen-bond donors (Lipinski definition) is 2. The predicted octanol–water partition coefficient (Wildman–Crippen LogP) is 2.19. The van der Waals surface area contributed by atoms with Gasteiger partial charge in [-0.25, -0.2) is 0 Å². The number of pyridine rings is 1. The maximum Gasteiger partial charge on any atom is 0.252 e. The van der Waals surface area contributed by atoms with Crippen LogP contribution < -0.4 is 10.9 Å². The summed E-state index contributed by atoms with van der Waals surface area (Å²) in [6, 6.07) is 6.18. The van der Waals surface area contributed by atoms with Gasteiger partial charge in [-0.3, -0.25) is 4.79 Å².